The Morgan fingerprint density at radius 3 is 1.79 bits per heavy atom. The lowest BCUT2D eigenvalue weighted by atomic mass is 9.70. The standard InChI is InChI=1S/C55H44FNO/c1-53(2,3)34-20-25-37(26-21-34)57(38-27-22-35(23-28-38)54(4,5)6)47-32-46-51(52-50(47)42-16-10-12-18-48(42)58-52)49-39-14-8-7-13-33(39)19-30-44(49)55(46)43-17-11-9-15-40(43)41-29-24-36(56)31-45(41)55/h7-32H,1-6H3. The topological polar surface area (TPSA) is 16.4 Å². The first-order valence-electron chi connectivity index (χ1n) is 20.4. The second-order valence-electron chi connectivity index (χ2n) is 18.2. The average Bonchev–Trinajstić information content (AvgIpc) is 3.85. The first-order chi connectivity index (χ1) is 27.9. The SMILES string of the molecule is CC(C)(C)c1ccc(N(c2ccc(C(C)(C)C)cc2)c2cc3c(c4oc5ccccc5c24)-c2c(ccc4ccccc24)C32c3ccccc3-c3ccc(F)cc32)cc1. The summed E-state index contributed by atoms with van der Waals surface area (Å²) in [7, 11) is 0. The van der Waals surface area contributed by atoms with Gasteiger partial charge in [0.25, 0.3) is 0 Å². The Balaban J connectivity index is 1.33. The number of hydrogen-bond acceptors (Lipinski definition) is 2. The van der Waals surface area contributed by atoms with Crippen LogP contribution in [0.15, 0.2) is 162 Å². The summed E-state index contributed by atoms with van der Waals surface area (Å²) in [6, 6.07) is 56.1. The van der Waals surface area contributed by atoms with Gasteiger partial charge in [-0.25, -0.2) is 4.39 Å². The van der Waals surface area contributed by atoms with E-state index in [2.05, 4.69) is 186 Å². The third kappa shape index (κ3) is 4.77. The number of hydrogen-bond donors (Lipinski definition) is 0. The third-order valence-corrected chi connectivity index (χ3v) is 12.8. The Morgan fingerprint density at radius 2 is 1.10 bits per heavy atom. The lowest BCUT2D eigenvalue weighted by molar-refractivity contribution is 0.590. The molecule has 1 aromatic heterocycles. The number of anilines is 3. The summed E-state index contributed by atoms with van der Waals surface area (Å²) in [5.74, 6) is -0.244. The molecule has 0 amide bonds. The molecule has 2 nitrogen and oxygen atoms in total. The predicted molar refractivity (Wildman–Crippen MR) is 240 cm³/mol. The first-order valence-corrected chi connectivity index (χ1v) is 20.4. The van der Waals surface area contributed by atoms with Gasteiger partial charge < -0.3 is 9.32 Å². The zero-order chi connectivity index (χ0) is 39.7. The molecule has 0 aliphatic heterocycles. The molecule has 0 saturated heterocycles. The summed E-state index contributed by atoms with van der Waals surface area (Å²) in [5, 5.41) is 4.42. The van der Waals surface area contributed by atoms with Crippen LogP contribution in [0.2, 0.25) is 0 Å². The van der Waals surface area contributed by atoms with E-state index in [-0.39, 0.29) is 16.6 Å². The molecule has 2 aliphatic rings. The molecule has 0 saturated carbocycles. The second kappa shape index (κ2) is 12.0. The molecular formula is C55H44FNO. The quantitative estimate of drug-likeness (QED) is 0.179. The molecule has 0 radical (unpaired) electrons. The molecule has 58 heavy (non-hydrogen) atoms. The van der Waals surface area contributed by atoms with E-state index in [0.717, 1.165) is 94.3 Å². The Bertz CT molecular complexity index is 3080. The van der Waals surface area contributed by atoms with Gasteiger partial charge in [0.05, 0.1) is 16.5 Å². The Kier molecular flexibility index (Phi) is 7.21. The Morgan fingerprint density at radius 1 is 0.500 bits per heavy atom. The van der Waals surface area contributed by atoms with E-state index in [0.29, 0.717) is 0 Å². The van der Waals surface area contributed by atoms with Gasteiger partial charge in [0.1, 0.15) is 17.0 Å². The molecule has 1 atom stereocenters. The normalized spacial score (nSPS) is 15.6. The van der Waals surface area contributed by atoms with Gasteiger partial charge in [-0.1, -0.05) is 151 Å². The van der Waals surface area contributed by atoms with Crippen LogP contribution in [0.3, 0.4) is 0 Å². The number of rotatable bonds is 3. The van der Waals surface area contributed by atoms with E-state index in [4.69, 9.17) is 4.42 Å². The maximum Gasteiger partial charge on any atom is 0.145 e. The minimum absolute atomic E-state index is 0.00122. The van der Waals surface area contributed by atoms with Crippen molar-refractivity contribution >= 4 is 49.8 Å². The van der Waals surface area contributed by atoms with Gasteiger partial charge in [0.15, 0.2) is 0 Å². The molecule has 0 bridgehead atoms. The summed E-state index contributed by atoms with van der Waals surface area (Å²) in [5.41, 5.74) is 15.3. The summed E-state index contributed by atoms with van der Waals surface area (Å²) < 4.78 is 23.1. The van der Waals surface area contributed by atoms with Crippen molar-refractivity contribution in [2.45, 2.75) is 57.8 Å². The molecule has 0 fully saturated rings. The number of halogens is 1. The molecule has 1 spiro atoms. The van der Waals surface area contributed by atoms with Crippen molar-refractivity contribution in [1.29, 1.82) is 0 Å². The van der Waals surface area contributed by atoms with E-state index in [1.807, 2.05) is 6.07 Å². The minimum atomic E-state index is -0.803. The van der Waals surface area contributed by atoms with Crippen molar-refractivity contribution in [2.75, 3.05) is 4.90 Å². The average molecular weight is 754 g/mol. The highest BCUT2D eigenvalue weighted by Gasteiger charge is 2.53. The first kappa shape index (κ1) is 34.8. The van der Waals surface area contributed by atoms with E-state index in [9.17, 15) is 0 Å². The molecule has 11 rings (SSSR count). The number of benzene rings is 8. The van der Waals surface area contributed by atoms with E-state index < -0.39 is 5.41 Å². The van der Waals surface area contributed by atoms with Gasteiger partial charge in [-0.15, -0.1) is 0 Å². The summed E-state index contributed by atoms with van der Waals surface area (Å²) >= 11 is 0. The molecule has 2 aliphatic carbocycles. The molecule has 3 heteroatoms. The van der Waals surface area contributed by atoms with Crippen LogP contribution in [0.1, 0.15) is 74.9 Å². The molecule has 8 aromatic carbocycles. The zero-order valence-corrected chi connectivity index (χ0v) is 33.7. The van der Waals surface area contributed by atoms with E-state index in [1.54, 1.807) is 12.1 Å². The van der Waals surface area contributed by atoms with Crippen molar-refractivity contribution in [3.8, 4) is 22.3 Å². The van der Waals surface area contributed by atoms with Gasteiger partial charge >= 0.3 is 0 Å². The number of nitrogens with zero attached hydrogens (tertiary/aromatic N) is 1. The Labute approximate surface area is 339 Å². The van der Waals surface area contributed by atoms with E-state index in [1.165, 1.54) is 11.1 Å². The van der Waals surface area contributed by atoms with Gasteiger partial charge in [0.2, 0.25) is 0 Å². The summed E-state index contributed by atoms with van der Waals surface area (Å²) in [4.78, 5) is 2.41. The fourth-order valence-corrected chi connectivity index (χ4v) is 10.1. The van der Waals surface area contributed by atoms with Crippen molar-refractivity contribution in [3.05, 3.63) is 197 Å². The van der Waals surface area contributed by atoms with Gasteiger partial charge in [-0.05, 0) is 120 Å². The fraction of sp³-hybridized carbons (Fsp3) is 0.164. The van der Waals surface area contributed by atoms with Crippen molar-refractivity contribution < 1.29 is 8.81 Å². The highest BCUT2D eigenvalue weighted by molar-refractivity contribution is 6.22. The fourth-order valence-electron chi connectivity index (χ4n) is 10.1. The van der Waals surface area contributed by atoms with Crippen LogP contribution in [0.25, 0.3) is 55.0 Å². The van der Waals surface area contributed by atoms with Crippen LogP contribution >= 0.6 is 0 Å². The highest BCUT2D eigenvalue weighted by atomic mass is 19.1. The summed E-state index contributed by atoms with van der Waals surface area (Å²) in [6.45, 7) is 13.5. The molecule has 282 valence electrons. The molecule has 1 heterocycles. The van der Waals surface area contributed by atoms with Crippen LogP contribution in [-0.2, 0) is 16.2 Å². The van der Waals surface area contributed by atoms with Crippen LogP contribution in [0.4, 0.5) is 21.5 Å². The van der Waals surface area contributed by atoms with Crippen molar-refractivity contribution in [1.82, 2.24) is 0 Å². The lowest BCUT2D eigenvalue weighted by Crippen LogP contribution is -2.26. The van der Waals surface area contributed by atoms with Gasteiger partial charge in [-0.3, -0.25) is 0 Å². The number of fused-ring (bicyclic) bond motifs is 16. The highest BCUT2D eigenvalue weighted by Crippen LogP contribution is 2.66. The van der Waals surface area contributed by atoms with Crippen LogP contribution in [0.5, 0.6) is 0 Å². The van der Waals surface area contributed by atoms with Crippen LogP contribution in [-0.4, -0.2) is 0 Å². The van der Waals surface area contributed by atoms with E-state index >= 15 is 4.39 Å². The number of furan rings is 1. The lowest BCUT2D eigenvalue weighted by Gasteiger charge is -2.33. The predicted octanol–water partition coefficient (Wildman–Crippen LogP) is 15.3. The molecule has 9 aromatic rings. The van der Waals surface area contributed by atoms with Crippen LogP contribution < -0.4 is 4.90 Å². The molecule has 0 N–H and O–H groups in total. The molecule has 1 unspecified atom stereocenters. The monoisotopic (exact) mass is 753 g/mol. The third-order valence-electron chi connectivity index (χ3n) is 12.8. The molecular weight excluding hydrogens is 710 g/mol. The maximum atomic E-state index is 15.9. The van der Waals surface area contributed by atoms with Crippen molar-refractivity contribution in [3.63, 3.8) is 0 Å². The smallest absolute Gasteiger partial charge is 0.145 e. The van der Waals surface area contributed by atoms with Crippen molar-refractivity contribution in [2.24, 2.45) is 0 Å². The van der Waals surface area contributed by atoms with Gasteiger partial charge in [0, 0.05) is 22.3 Å². The second-order valence-corrected chi connectivity index (χ2v) is 18.2. The maximum absolute atomic E-state index is 15.9. The minimum Gasteiger partial charge on any atom is -0.455 e. The zero-order valence-electron chi connectivity index (χ0n) is 33.7. The number of para-hydroxylation sites is 1. The largest absolute Gasteiger partial charge is 0.455 e. The van der Waals surface area contributed by atoms with Crippen LogP contribution in [0, 0.1) is 5.82 Å². The summed E-state index contributed by atoms with van der Waals surface area (Å²) in [6.07, 6.45) is 0. The Hall–Kier alpha value is -6.45. The van der Waals surface area contributed by atoms with Gasteiger partial charge in [-0.2, -0.15) is 0 Å².